The molecule has 0 atom stereocenters. The van der Waals surface area contributed by atoms with Crippen molar-refractivity contribution >= 4 is 17.6 Å². The average Bonchev–Trinajstić information content (AvgIpc) is 2.77. The van der Waals surface area contributed by atoms with Crippen molar-refractivity contribution in [3.8, 4) is 0 Å². The normalized spacial score (nSPS) is 10.7. The van der Waals surface area contributed by atoms with Gasteiger partial charge in [-0.1, -0.05) is 60.7 Å². The lowest BCUT2D eigenvalue weighted by atomic mass is 9.89. The molecule has 30 heavy (non-hydrogen) atoms. The molecule has 7 heteroatoms. The molecule has 0 saturated carbocycles. The zero-order chi connectivity index (χ0) is 21.5. The van der Waals surface area contributed by atoms with Crippen LogP contribution < -0.4 is 5.32 Å². The Morgan fingerprint density at radius 1 is 0.800 bits per heavy atom. The highest BCUT2D eigenvalue weighted by Crippen LogP contribution is 2.28. The minimum Gasteiger partial charge on any atom is -0.456 e. The zero-order valence-corrected chi connectivity index (χ0v) is 15.8. The Balaban J connectivity index is 1.62. The Morgan fingerprint density at radius 3 is 1.93 bits per heavy atom. The Hall–Kier alpha value is -3.61. The van der Waals surface area contributed by atoms with Gasteiger partial charge in [-0.25, -0.2) is 13.2 Å². The molecule has 4 nitrogen and oxygen atoms in total. The van der Waals surface area contributed by atoms with Gasteiger partial charge < -0.3 is 10.1 Å². The minimum atomic E-state index is -1.70. The summed E-state index contributed by atoms with van der Waals surface area (Å²) in [5.74, 6) is -6.37. The molecule has 0 saturated heterocycles. The van der Waals surface area contributed by atoms with Crippen LogP contribution >= 0.6 is 0 Å². The third kappa shape index (κ3) is 5.26. The van der Waals surface area contributed by atoms with Crippen molar-refractivity contribution in [3.63, 3.8) is 0 Å². The number of amides is 1. The summed E-state index contributed by atoms with van der Waals surface area (Å²) in [7, 11) is 0. The molecule has 0 heterocycles. The molecule has 1 N–H and O–H groups in total. The second-order valence-corrected chi connectivity index (χ2v) is 6.51. The highest BCUT2D eigenvalue weighted by atomic mass is 19.2. The smallest absolute Gasteiger partial charge is 0.307 e. The van der Waals surface area contributed by atoms with Crippen LogP contribution in [-0.2, 0) is 14.3 Å². The summed E-state index contributed by atoms with van der Waals surface area (Å²) in [6, 6.07) is 20.3. The molecule has 0 aromatic heterocycles. The summed E-state index contributed by atoms with van der Waals surface area (Å²) in [5, 5.41) is 2.05. The van der Waals surface area contributed by atoms with E-state index in [-0.39, 0.29) is 12.3 Å². The number of esters is 1. The summed E-state index contributed by atoms with van der Waals surface area (Å²) in [6.07, 6.45) is -0.0131. The van der Waals surface area contributed by atoms with Crippen LogP contribution in [0.1, 0.15) is 23.5 Å². The summed E-state index contributed by atoms with van der Waals surface area (Å²) in [5.41, 5.74) is 1.28. The first-order valence-electron chi connectivity index (χ1n) is 9.14. The first-order valence-corrected chi connectivity index (χ1v) is 9.14. The highest BCUT2D eigenvalue weighted by Gasteiger charge is 2.20. The standard InChI is InChI=1S/C23H18F3NO3/c24-18-11-12-19(23(26)22(18)25)27-20(28)14-30-21(29)13-17(15-7-3-1-4-8-15)16-9-5-2-6-10-16/h1-12,17H,13-14H2,(H,27,28). The van der Waals surface area contributed by atoms with E-state index in [2.05, 4.69) is 5.32 Å². The SMILES string of the molecule is O=C(COC(=O)CC(c1ccccc1)c1ccccc1)Nc1ccc(F)c(F)c1F. The Labute approximate surface area is 171 Å². The Morgan fingerprint density at radius 2 is 1.37 bits per heavy atom. The maximum atomic E-state index is 13.6. The van der Waals surface area contributed by atoms with Crippen LogP contribution in [0.15, 0.2) is 72.8 Å². The van der Waals surface area contributed by atoms with E-state index >= 15 is 0 Å². The lowest BCUT2D eigenvalue weighted by molar-refractivity contribution is -0.147. The molecule has 154 valence electrons. The van der Waals surface area contributed by atoms with Crippen molar-refractivity contribution < 1.29 is 27.5 Å². The van der Waals surface area contributed by atoms with E-state index < -0.39 is 41.6 Å². The number of hydrogen-bond donors (Lipinski definition) is 1. The predicted molar refractivity (Wildman–Crippen MR) is 105 cm³/mol. The maximum Gasteiger partial charge on any atom is 0.307 e. The topological polar surface area (TPSA) is 55.4 Å². The van der Waals surface area contributed by atoms with E-state index in [4.69, 9.17) is 4.74 Å². The Kier molecular flexibility index (Phi) is 6.85. The first-order chi connectivity index (χ1) is 14.5. The van der Waals surface area contributed by atoms with Crippen molar-refractivity contribution in [2.75, 3.05) is 11.9 Å². The van der Waals surface area contributed by atoms with Crippen LogP contribution in [0.2, 0.25) is 0 Å². The summed E-state index contributed by atoms with van der Waals surface area (Å²) in [4.78, 5) is 24.3. The van der Waals surface area contributed by atoms with Crippen molar-refractivity contribution in [2.24, 2.45) is 0 Å². The van der Waals surface area contributed by atoms with Gasteiger partial charge in [0.25, 0.3) is 5.91 Å². The minimum absolute atomic E-state index is 0.0131. The summed E-state index contributed by atoms with van der Waals surface area (Å²) < 4.78 is 44.8. The number of benzene rings is 3. The van der Waals surface area contributed by atoms with Gasteiger partial charge in [0, 0.05) is 5.92 Å². The van der Waals surface area contributed by atoms with E-state index in [0.29, 0.717) is 6.07 Å². The molecular formula is C23H18F3NO3. The van der Waals surface area contributed by atoms with Gasteiger partial charge in [-0.2, -0.15) is 0 Å². The molecule has 0 unspecified atom stereocenters. The Bertz CT molecular complexity index is 987. The number of carbonyl (C=O) groups is 2. The third-order valence-corrected chi connectivity index (χ3v) is 4.45. The zero-order valence-electron chi connectivity index (χ0n) is 15.8. The van der Waals surface area contributed by atoms with Gasteiger partial charge in [0.15, 0.2) is 24.1 Å². The largest absolute Gasteiger partial charge is 0.456 e. The van der Waals surface area contributed by atoms with Crippen molar-refractivity contribution in [3.05, 3.63) is 101 Å². The lowest BCUT2D eigenvalue weighted by Crippen LogP contribution is -2.22. The van der Waals surface area contributed by atoms with Crippen LogP contribution in [0.25, 0.3) is 0 Å². The highest BCUT2D eigenvalue weighted by molar-refractivity contribution is 5.93. The van der Waals surface area contributed by atoms with Gasteiger partial charge in [-0.15, -0.1) is 0 Å². The summed E-state index contributed by atoms with van der Waals surface area (Å²) >= 11 is 0. The number of ether oxygens (including phenoxy) is 1. The van der Waals surface area contributed by atoms with Gasteiger partial charge in [0.2, 0.25) is 0 Å². The molecule has 0 fully saturated rings. The van der Waals surface area contributed by atoms with Gasteiger partial charge in [0.1, 0.15) is 0 Å². The molecule has 3 aromatic rings. The lowest BCUT2D eigenvalue weighted by Gasteiger charge is -2.17. The van der Waals surface area contributed by atoms with E-state index in [1.54, 1.807) is 0 Å². The molecule has 3 aromatic carbocycles. The van der Waals surface area contributed by atoms with Crippen LogP contribution in [0.4, 0.5) is 18.9 Å². The molecular weight excluding hydrogens is 395 g/mol. The molecule has 0 aliphatic heterocycles. The van der Waals surface area contributed by atoms with Gasteiger partial charge in [-0.05, 0) is 23.3 Å². The fourth-order valence-electron chi connectivity index (χ4n) is 2.98. The van der Waals surface area contributed by atoms with E-state index in [9.17, 15) is 22.8 Å². The van der Waals surface area contributed by atoms with Crippen LogP contribution in [0, 0.1) is 17.5 Å². The first kappa shape index (κ1) is 21.1. The number of anilines is 1. The second kappa shape index (κ2) is 9.73. The molecule has 0 radical (unpaired) electrons. The number of carbonyl (C=O) groups excluding carboxylic acids is 2. The molecule has 1 amide bonds. The number of nitrogens with one attached hydrogen (secondary N) is 1. The molecule has 0 bridgehead atoms. The van der Waals surface area contributed by atoms with Gasteiger partial charge >= 0.3 is 5.97 Å². The van der Waals surface area contributed by atoms with Crippen molar-refractivity contribution in [1.82, 2.24) is 0 Å². The third-order valence-electron chi connectivity index (χ3n) is 4.45. The van der Waals surface area contributed by atoms with E-state index in [0.717, 1.165) is 17.2 Å². The van der Waals surface area contributed by atoms with E-state index in [1.165, 1.54) is 0 Å². The van der Waals surface area contributed by atoms with Crippen LogP contribution in [-0.4, -0.2) is 18.5 Å². The second-order valence-electron chi connectivity index (χ2n) is 6.51. The molecule has 0 aliphatic rings. The van der Waals surface area contributed by atoms with Gasteiger partial charge in [0.05, 0.1) is 12.1 Å². The quantitative estimate of drug-likeness (QED) is 0.447. The maximum absolute atomic E-state index is 13.6. The van der Waals surface area contributed by atoms with E-state index in [1.807, 2.05) is 60.7 Å². The fourth-order valence-corrected chi connectivity index (χ4v) is 2.98. The molecule has 3 rings (SSSR count). The fraction of sp³-hybridized carbons (Fsp3) is 0.130. The molecule has 0 aliphatic carbocycles. The predicted octanol–water partition coefficient (Wildman–Crippen LogP) is 4.81. The van der Waals surface area contributed by atoms with Gasteiger partial charge in [-0.3, -0.25) is 9.59 Å². The molecule has 0 spiro atoms. The van der Waals surface area contributed by atoms with Crippen LogP contribution in [0.3, 0.4) is 0 Å². The van der Waals surface area contributed by atoms with Crippen LogP contribution in [0.5, 0.6) is 0 Å². The monoisotopic (exact) mass is 413 g/mol. The van der Waals surface area contributed by atoms with Crippen molar-refractivity contribution in [1.29, 1.82) is 0 Å². The average molecular weight is 413 g/mol. The summed E-state index contributed by atoms with van der Waals surface area (Å²) in [6.45, 7) is -0.687. The number of halogens is 3. The number of hydrogen-bond acceptors (Lipinski definition) is 3. The van der Waals surface area contributed by atoms with Crippen molar-refractivity contribution in [2.45, 2.75) is 12.3 Å². The number of rotatable bonds is 7.